The highest BCUT2D eigenvalue weighted by Crippen LogP contribution is 2.48. The van der Waals surface area contributed by atoms with Crippen molar-refractivity contribution in [2.24, 2.45) is 5.41 Å². The second-order valence-electron chi connectivity index (χ2n) is 9.64. The van der Waals surface area contributed by atoms with E-state index in [2.05, 4.69) is 53.0 Å². The van der Waals surface area contributed by atoms with Crippen LogP contribution in [0.3, 0.4) is 0 Å². The number of hydrogen-bond acceptors (Lipinski definition) is 3. The van der Waals surface area contributed by atoms with Gasteiger partial charge in [-0.15, -0.1) is 0 Å². The van der Waals surface area contributed by atoms with Crippen LogP contribution in [0.15, 0.2) is 54.7 Å². The van der Waals surface area contributed by atoms with Gasteiger partial charge in [0, 0.05) is 67.2 Å². The van der Waals surface area contributed by atoms with Crippen LogP contribution in [-0.2, 0) is 6.54 Å². The zero-order valence-corrected chi connectivity index (χ0v) is 19.4. The summed E-state index contributed by atoms with van der Waals surface area (Å²) in [7, 11) is 2.14. The first-order chi connectivity index (χ1) is 15.9. The number of hydrogen-bond donors (Lipinski definition) is 1. The van der Waals surface area contributed by atoms with Crippen LogP contribution in [0, 0.1) is 25.1 Å². The van der Waals surface area contributed by atoms with Crippen molar-refractivity contribution in [1.29, 1.82) is 0 Å². The van der Waals surface area contributed by atoms with Crippen LogP contribution in [0.5, 0.6) is 0 Å². The number of rotatable bonds is 4. The van der Waals surface area contributed by atoms with Gasteiger partial charge in [-0.3, -0.25) is 0 Å². The lowest BCUT2D eigenvalue weighted by atomic mass is 9.71. The van der Waals surface area contributed by atoms with Crippen LogP contribution in [-0.4, -0.2) is 58.6 Å². The Bertz CT molecular complexity index is 1170. The van der Waals surface area contributed by atoms with Gasteiger partial charge in [0.15, 0.2) is 0 Å². The van der Waals surface area contributed by atoms with Gasteiger partial charge in [0.25, 0.3) is 0 Å². The minimum absolute atomic E-state index is 0.0185. The predicted octanol–water partition coefficient (Wildman–Crippen LogP) is 4.25. The number of anilines is 1. The fraction of sp³-hybridized carbons (Fsp3) is 0.385. The van der Waals surface area contributed by atoms with Crippen molar-refractivity contribution in [3.63, 3.8) is 0 Å². The van der Waals surface area contributed by atoms with E-state index in [1.807, 2.05) is 17.2 Å². The minimum atomic E-state index is -0.314. The third-order valence-electron chi connectivity index (χ3n) is 7.21. The van der Waals surface area contributed by atoms with Crippen molar-refractivity contribution in [1.82, 2.24) is 19.4 Å². The number of benzene rings is 2. The van der Waals surface area contributed by atoms with Crippen molar-refractivity contribution >= 4 is 11.7 Å². The molecule has 3 aromatic rings. The van der Waals surface area contributed by atoms with Crippen LogP contribution in [0.1, 0.15) is 28.6 Å². The molecule has 0 saturated carbocycles. The standard InChI is InChI=1S/C26H30FN5O/c1-18-12-28-24(32(18)13-20-8-5-4-6-9-20)21-14-30(3)15-26(21)16-31(17-26)25(33)29-23-11-7-10-22(27)19(23)2/h4-12,21H,13-17H2,1-3H3,(H,29,33). The molecule has 1 N–H and O–H groups in total. The van der Waals surface area contributed by atoms with Crippen LogP contribution in [0.4, 0.5) is 14.9 Å². The summed E-state index contributed by atoms with van der Waals surface area (Å²) in [6, 6.07) is 15.0. The Kier molecular flexibility index (Phi) is 5.44. The molecule has 2 aliphatic heterocycles. The summed E-state index contributed by atoms with van der Waals surface area (Å²) >= 11 is 0. The molecule has 1 spiro atoms. The molecule has 7 heteroatoms. The summed E-state index contributed by atoms with van der Waals surface area (Å²) in [6.45, 7) is 7.76. The second-order valence-corrected chi connectivity index (χ2v) is 9.64. The maximum atomic E-state index is 13.9. The largest absolute Gasteiger partial charge is 0.328 e. The van der Waals surface area contributed by atoms with E-state index in [0.717, 1.165) is 31.2 Å². The monoisotopic (exact) mass is 447 g/mol. The third-order valence-corrected chi connectivity index (χ3v) is 7.21. The molecule has 3 heterocycles. The number of carbonyl (C=O) groups excluding carboxylic acids is 1. The topological polar surface area (TPSA) is 53.4 Å². The van der Waals surface area contributed by atoms with E-state index in [0.29, 0.717) is 24.3 Å². The average Bonchev–Trinajstić information content (AvgIpc) is 3.30. The van der Waals surface area contributed by atoms with E-state index < -0.39 is 0 Å². The number of urea groups is 1. The minimum Gasteiger partial charge on any atom is -0.328 e. The summed E-state index contributed by atoms with van der Waals surface area (Å²) in [5.74, 6) is 1.03. The lowest BCUT2D eigenvalue weighted by Gasteiger charge is -2.50. The molecular weight excluding hydrogens is 417 g/mol. The number of likely N-dealkylation sites (N-methyl/N-ethyl adjacent to an activating group) is 1. The van der Waals surface area contributed by atoms with Gasteiger partial charge in [-0.05, 0) is 38.6 Å². The lowest BCUT2D eigenvalue weighted by molar-refractivity contribution is 0.0315. The molecule has 2 saturated heterocycles. The Labute approximate surface area is 194 Å². The van der Waals surface area contributed by atoms with Gasteiger partial charge in [0.05, 0.1) is 0 Å². The van der Waals surface area contributed by atoms with E-state index in [4.69, 9.17) is 4.98 Å². The Morgan fingerprint density at radius 3 is 2.64 bits per heavy atom. The highest BCUT2D eigenvalue weighted by molar-refractivity contribution is 5.90. The first-order valence-corrected chi connectivity index (χ1v) is 11.4. The number of nitrogens with zero attached hydrogens (tertiary/aromatic N) is 4. The van der Waals surface area contributed by atoms with Crippen molar-refractivity contribution in [3.8, 4) is 0 Å². The van der Waals surface area contributed by atoms with Crippen molar-refractivity contribution < 1.29 is 9.18 Å². The Morgan fingerprint density at radius 1 is 1.12 bits per heavy atom. The smallest absolute Gasteiger partial charge is 0.321 e. The van der Waals surface area contributed by atoms with Crippen LogP contribution in [0.2, 0.25) is 0 Å². The van der Waals surface area contributed by atoms with Crippen molar-refractivity contribution in [3.05, 3.63) is 83.2 Å². The normalized spacial score (nSPS) is 19.6. The van der Waals surface area contributed by atoms with Gasteiger partial charge in [-0.2, -0.15) is 0 Å². The molecule has 0 bridgehead atoms. The molecule has 172 valence electrons. The first kappa shape index (κ1) is 21.6. The van der Waals surface area contributed by atoms with Gasteiger partial charge in [-0.1, -0.05) is 36.4 Å². The highest BCUT2D eigenvalue weighted by Gasteiger charge is 2.56. The van der Waals surface area contributed by atoms with Crippen molar-refractivity contribution in [2.45, 2.75) is 26.3 Å². The molecule has 1 aromatic heterocycles. The van der Waals surface area contributed by atoms with Gasteiger partial charge < -0.3 is 19.7 Å². The van der Waals surface area contributed by atoms with E-state index >= 15 is 0 Å². The highest BCUT2D eigenvalue weighted by atomic mass is 19.1. The summed E-state index contributed by atoms with van der Waals surface area (Å²) in [6.07, 6.45) is 1.96. The molecule has 2 aliphatic rings. The predicted molar refractivity (Wildman–Crippen MR) is 127 cm³/mol. The zero-order chi connectivity index (χ0) is 23.2. The molecule has 1 unspecified atom stereocenters. The lowest BCUT2D eigenvalue weighted by Crippen LogP contribution is -2.62. The Balaban J connectivity index is 1.34. The van der Waals surface area contributed by atoms with E-state index in [-0.39, 0.29) is 23.2 Å². The fourth-order valence-electron chi connectivity index (χ4n) is 5.42. The summed E-state index contributed by atoms with van der Waals surface area (Å²) in [5.41, 5.74) is 3.36. The quantitative estimate of drug-likeness (QED) is 0.651. The molecule has 6 nitrogen and oxygen atoms in total. The van der Waals surface area contributed by atoms with E-state index in [9.17, 15) is 9.18 Å². The SMILES string of the molecule is Cc1c(F)cccc1NC(=O)N1CC2(CN(C)CC2c2ncc(C)n2Cc2ccccc2)C1. The van der Waals surface area contributed by atoms with E-state index in [1.165, 1.54) is 11.6 Å². The van der Waals surface area contributed by atoms with Crippen LogP contribution in [0.25, 0.3) is 0 Å². The van der Waals surface area contributed by atoms with Gasteiger partial charge in [0.1, 0.15) is 11.6 Å². The maximum Gasteiger partial charge on any atom is 0.321 e. The molecule has 1 atom stereocenters. The van der Waals surface area contributed by atoms with Gasteiger partial charge >= 0.3 is 6.03 Å². The Hall–Kier alpha value is -3.19. The third kappa shape index (κ3) is 3.91. The molecule has 2 amide bonds. The molecular formula is C26H30FN5O. The molecule has 5 rings (SSSR count). The number of aryl methyl sites for hydroxylation is 1. The zero-order valence-electron chi connectivity index (χ0n) is 19.4. The molecule has 2 aromatic carbocycles. The summed E-state index contributed by atoms with van der Waals surface area (Å²) in [5, 5.41) is 2.89. The molecule has 2 fully saturated rings. The number of likely N-dealkylation sites (tertiary alicyclic amines) is 2. The summed E-state index contributed by atoms with van der Waals surface area (Å²) in [4.78, 5) is 21.9. The molecule has 33 heavy (non-hydrogen) atoms. The molecule has 0 radical (unpaired) electrons. The Morgan fingerprint density at radius 2 is 1.88 bits per heavy atom. The number of nitrogens with one attached hydrogen (secondary N) is 1. The second kappa shape index (κ2) is 8.30. The van der Waals surface area contributed by atoms with Gasteiger partial charge in [0.2, 0.25) is 0 Å². The van der Waals surface area contributed by atoms with E-state index in [1.54, 1.807) is 19.1 Å². The number of amides is 2. The summed E-state index contributed by atoms with van der Waals surface area (Å²) < 4.78 is 16.2. The molecule has 0 aliphatic carbocycles. The maximum absolute atomic E-state index is 13.9. The number of aromatic nitrogens is 2. The van der Waals surface area contributed by atoms with Crippen LogP contribution >= 0.6 is 0 Å². The number of imidazole rings is 1. The fourth-order valence-corrected chi connectivity index (χ4v) is 5.42. The number of halogens is 1. The van der Waals surface area contributed by atoms with Crippen LogP contribution < -0.4 is 5.32 Å². The average molecular weight is 448 g/mol. The number of carbonyl (C=O) groups is 1. The first-order valence-electron chi connectivity index (χ1n) is 11.4. The van der Waals surface area contributed by atoms with Gasteiger partial charge in [-0.25, -0.2) is 14.2 Å². The van der Waals surface area contributed by atoms with Crippen molar-refractivity contribution in [2.75, 3.05) is 38.5 Å².